The summed E-state index contributed by atoms with van der Waals surface area (Å²) in [5.41, 5.74) is 0.0468. The summed E-state index contributed by atoms with van der Waals surface area (Å²) in [5.74, 6) is 0.779. The van der Waals surface area contributed by atoms with Gasteiger partial charge in [0.1, 0.15) is 12.6 Å². The SMILES string of the molecule is COc1cc2ncn(CC(=O)N[C@@H](C)C(=O)N[C@H](C)CCCC(C)C)c(=O)c2cc1OC. The zero-order valence-corrected chi connectivity index (χ0v) is 19.7. The van der Waals surface area contributed by atoms with E-state index in [-0.39, 0.29) is 24.1 Å². The van der Waals surface area contributed by atoms with E-state index in [9.17, 15) is 14.4 Å². The number of hydrogen-bond acceptors (Lipinski definition) is 6. The van der Waals surface area contributed by atoms with Crippen molar-refractivity contribution < 1.29 is 19.1 Å². The molecule has 0 saturated heterocycles. The van der Waals surface area contributed by atoms with Crippen LogP contribution in [0.15, 0.2) is 23.3 Å². The Kier molecular flexibility index (Phi) is 9.04. The summed E-state index contributed by atoms with van der Waals surface area (Å²) >= 11 is 0. The van der Waals surface area contributed by atoms with Gasteiger partial charge in [-0.1, -0.05) is 26.7 Å². The Labute approximate surface area is 188 Å². The van der Waals surface area contributed by atoms with Gasteiger partial charge in [0.25, 0.3) is 5.56 Å². The van der Waals surface area contributed by atoms with Crippen molar-refractivity contribution in [2.75, 3.05) is 14.2 Å². The Morgan fingerprint density at radius 3 is 2.31 bits per heavy atom. The van der Waals surface area contributed by atoms with Crippen LogP contribution in [0.2, 0.25) is 0 Å². The van der Waals surface area contributed by atoms with Crippen LogP contribution < -0.4 is 25.7 Å². The van der Waals surface area contributed by atoms with Crippen molar-refractivity contribution in [3.8, 4) is 11.5 Å². The number of nitrogens with zero attached hydrogens (tertiary/aromatic N) is 2. The van der Waals surface area contributed by atoms with Gasteiger partial charge < -0.3 is 20.1 Å². The molecule has 0 saturated carbocycles. The van der Waals surface area contributed by atoms with E-state index in [2.05, 4.69) is 29.5 Å². The van der Waals surface area contributed by atoms with Crippen LogP contribution in [-0.4, -0.2) is 47.7 Å². The van der Waals surface area contributed by atoms with Crippen molar-refractivity contribution in [2.24, 2.45) is 5.92 Å². The molecule has 9 nitrogen and oxygen atoms in total. The first kappa shape index (κ1) is 25.2. The standard InChI is InChI=1S/C23H34N4O5/c1-14(2)8-7-9-15(3)25-22(29)16(4)26-21(28)12-27-13-24-18-11-20(32-6)19(31-5)10-17(18)23(27)30/h10-11,13-16H,7-9,12H2,1-6H3,(H,25,29)(H,26,28)/t15-,16+/m1/s1. The lowest BCUT2D eigenvalue weighted by Crippen LogP contribution is -2.48. The predicted molar refractivity (Wildman–Crippen MR) is 123 cm³/mol. The molecule has 1 aromatic heterocycles. The lowest BCUT2D eigenvalue weighted by molar-refractivity contribution is -0.129. The van der Waals surface area contributed by atoms with Gasteiger partial charge in [-0.15, -0.1) is 0 Å². The molecule has 0 spiro atoms. The third-order valence-electron chi connectivity index (χ3n) is 5.22. The quantitative estimate of drug-likeness (QED) is 0.548. The van der Waals surface area contributed by atoms with E-state index in [4.69, 9.17) is 9.47 Å². The second-order valence-corrected chi connectivity index (χ2v) is 8.43. The molecule has 2 aromatic rings. The van der Waals surface area contributed by atoms with Gasteiger partial charge in [0.15, 0.2) is 11.5 Å². The molecular formula is C23H34N4O5. The van der Waals surface area contributed by atoms with E-state index in [1.807, 2.05) is 6.92 Å². The van der Waals surface area contributed by atoms with E-state index >= 15 is 0 Å². The minimum absolute atomic E-state index is 0.0277. The lowest BCUT2D eigenvalue weighted by atomic mass is 10.0. The van der Waals surface area contributed by atoms with Crippen molar-refractivity contribution in [3.63, 3.8) is 0 Å². The maximum Gasteiger partial charge on any atom is 0.261 e. The fraction of sp³-hybridized carbons (Fsp3) is 0.565. The van der Waals surface area contributed by atoms with Gasteiger partial charge in [0, 0.05) is 12.1 Å². The minimum Gasteiger partial charge on any atom is -0.493 e. The smallest absolute Gasteiger partial charge is 0.261 e. The zero-order valence-electron chi connectivity index (χ0n) is 19.7. The first-order valence-corrected chi connectivity index (χ1v) is 10.9. The Bertz CT molecular complexity index is 1000. The molecule has 2 rings (SSSR count). The van der Waals surface area contributed by atoms with E-state index < -0.39 is 11.9 Å². The number of benzene rings is 1. The number of methoxy groups -OCH3 is 2. The van der Waals surface area contributed by atoms with E-state index in [1.165, 1.54) is 31.2 Å². The molecule has 176 valence electrons. The van der Waals surface area contributed by atoms with Crippen LogP contribution in [0, 0.1) is 5.92 Å². The third-order valence-corrected chi connectivity index (χ3v) is 5.22. The van der Waals surface area contributed by atoms with E-state index in [0.717, 1.165) is 19.3 Å². The van der Waals surface area contributed by atoms with Gasteiger partial charge in [-0.05, 0) is 32.3 Å². The summed E-state index contributed by atoms with van der Waals surface area (Å²) in [7, 11) is 2.97. The van der Waals surface area contributed by atoms with Gasteiger partial charge in [0.2, 0.25) is 11.8 Å². The monoisotopic (exact) mass is 446 g/mol. The van der Waals surface area contributed by atoms with Gasteiger partial charge in [0.05, 0.1) is 31.4 Å². The average molecular weight is 447 g/mol. The summed E-state index contributed by atoms with van der Waals surface area (Å²) in [6, 6.07) is 2.45. The summed E-state index contributed by atoms with van der Waals surface area (Å²) < 4.78 is 11.7. The van der Waals surface area contributed by atoms with Gasteiger partial charge in [-0.2, -0.15) is 0 Å². The zero-order chi connectivity index (χ0) is 23.8. The van der Waals surface area contributed by atoms with Crippen molar-refractivity contribution in [1.29, 1.82) is 0 Å². The number of aromatic nitrogens is 2. The highest BCUT2D eigenvalue weighted by Crippen LogP contribution is 2.29. The number of ether oxygens (including phenoxy) is 2. The fourth-order valence-electron chi connectivity index (χ4n) is 3.38. The normalized spacial score (nSPS) is 13.0. The van der Waals surface area contributed by atoms with E-state index in [0.29, 0.717) is 28.3 Å². The summed E-state index contributed by atoms with van der Waals surface area (Å²) in [6.45, 7) is 7.66. The molecule has 0 fully saturated rings. The molecule has 0 unspecified atom stereocenters. The predicted octanol–water partition coefficient (Wildman–Crippen LogP) is 2.25. The molecule has 9 heteroatoms. The Hall–Kier alpha value is -3.10. The van der Waals surface area contributed by atoms with Crippen LogP contribution in [0.1, 0.15) is 47.0 Å². The molecule has 0 aliphatic carbocycles. The fourth-order valence-corrected chi connectivity index (χ4v) is 3.38. The number of fused-ring (bicyclic) bond motifs is 1. The van der Waals surface area contributed by atoms with Crippen molar-refractivity contribution in [2.45, 2.75) is 65.6 Å². The molecule has 2 atom stereocenters. The lowest BCUT2D eigenvalue weighted by Gasteiger charge is -2.19. The molecule has 0 radical (unpaired) electrons. The van der Waals surface area contributed by atoms with E-state index in [1.54, 1.807) is 13.0 Å². The number of amides is 2. The van der Waals surface area contributed by atoms with Gasteiger partial charge >= 0.3 is 0 Å². The first-order valence-electron chi connectivity index (χ1n) is 10.9. The Morgan fingerprint density at radius 1 is 1.03 bits per heavy atom. The highest BCUT2D eigenvalue weighted by Gasteiger charge is 2.19. The number of rotatable bonds is 11. The number of carbonyl (C=O) groups excluding carboxylic acids is 2. The van der Waals surface area contributed by atoms with Crippen LogP contribution >= 0.6 is 0 Å². The van der Waals surface area contributed by atoms with Crippen LogP contribution in [0.5, 0.6) is 11.5 Å². The van der Waals surface area contributed by atoms with Crippen molar-refractivity contribution in [1.82, 2.24) is 20.2 Å². The van der Waals surface area contributed by atoms with Gasteiger partial charge in [-0.3, -0.25) is 19.0 Å². The molecule has 32 heavy (non-hydrogen) atoms. The van der Waals surface area contributed by atoms with Crippen LogP contribution in [-0.2, 0) is 16.1 Å². The highest BCUT2D eigenvalue weighted by molar-refractivity contribution is 5.87. The molecule has 2 N–H and O–H groups in total. The molecule has 2 amide bonds. The largest absolute Gasteiger partial charge is 0.493 e. The molecule has 1 aromatic carbocycles. The summed E-state index contributed by atoms with van der Waals surface area (Å²) in [6.07, 6.45) is 4.34. The second kappa shape index (κ2) is 11.5. The topological polar surface area (TPSA) is 112 Å². The average Bonchev–Trinajstić information content (AvgIpc) is 2.74. The molecular weight excluding hydrogens is 412 g/mol. The number of carbonyl (C=O) groups is 2. The molecule has 0 aliphatic rings. The van der Waals surface area contributed by atoms with Gasteiger partial charge in [-0.25, -0.2) is 4.98 Å². The number of nitrogens with one attached hydrogen (secondary N) is 2. The molecule has 0 aliphatic heterocycles. The summed E-state index contributed by atoms with van der Waals surface area (Å²) in [4.78, 5) is 41.9. The van der Waals surface area contributed by atoms with Crippen LogP contribution in [0.3, 0.4) is 0 Å². The first-order chi connectivity index (χ1) is 15.2. The Balaban J connectivity index is 2.00. The van der Waals surface area contributed by atoms with Crippen molar-refractivity contribution in [3.05, 3.63) is 28.8 Å². The number of hydrogen-bond donors (Lipinski definition) is 2. The maximum absolute atomic E-state index is 12.8. The highest BCUT2D eigenvalue weighted by atomic mass is 16.5. The Morgan fingerprint density at radius 2 is 1.69 bits per heavy atom. The molecule has 1 heterocycles. The van der Waals surface area contributed by atoms with Crippen molar-refractivity contribution >= 4 is 22.7 Å². The third kappa shape index (κ3) is 6.70. The maximum atomic E-state index is 12.8. The van der Waals surface area contributed by atoms with Crippen LogP contribution in [0.4, 0.5) is 0 Å². The summed E-state index contributed by atoms with van der Waals surface area (Å²) in [5, 5.41) is 5.87. The second-order valence-electron chi connectivity index (χ2n) is 8.43. The molecule has 0 bridgehead atoms. The minimum atomic E-state index is -0.719. The van der Waals surface area contributed by atoms with Crippen LogP contribution in [0.25, 0.3) is 10.9 Å².